The highest BCUT2D eigenvalue weighted by atomic mass is 79.9. The topological polar surface area (TPSA) is 24.9 Å². The second-order valence-corrected chi connectivity index (χ2v) is 4.99. The molecule has 2 aromatic rings. The van der Waals surface area contributed by atoms with Gasteiger partial charge in [0, 0.05) is 35.0 Å². The minimum Gasteiger partial charge on any atom is -0.309 e. The molecule has 0 fully saturated rings. The lowest BCUT2D eigenvalue weighted by Gasteiger charge is -2.07. The van der Waals surface area contributed by atoms with Gasteiger partial charge < -0.3 is 5.32 Å². The van der Waals surface area contributed by atoms with E-state index in [0.717, 1.165) is 28.1 Å². The fourth-order valence-electron chi connectivity index (χ4n) is 1.52. The Morgan fingerprint density at radius 3 is 2.65 bits per heavy atom. The van der Waals surface area contributed by atoms with Crippen molar-refractivity contribution in [1.82, 2.24) is 10.3 Å². The van der Waals surface area contributed by atoms with Gasteiger partial charge in [0.2, 0.25) is 0 Å². The van der Waals surface area contributed by atoms with E-state index in [9.17, 15) is 0 Å². The second-order valence-electron chi connectivity index (χ2n) is 3.69. The molecule has 1 aromatic heterocycles. The SMILES string of the molecule is Clc1ccc(Br)c(CNCc2ccncc2)c1. The highest BCUT2D eigenvalue weighted by molar-refractivity contribution is 9.10. The molecule has 0 radical (unpaired) electrons. The van der Waals surface area contributed by atoms with E-state index in [0.29, 0.717) is 0 Å². The first-order chi connectivity index (χ1) is 8.25. The van der Waals surface area contributed by atoms with Crippen LogP contribution in [0.25, 0.3) is 0 Å². The normalized spacial score (nSPS) is 10.5. The van der Waals surface area contributed by atoms with Gasteiger partial charge in [0.1, 0.15) is 0 Å². The molecular formula is C13H12BrClN2. The lowest BCUT2D eigenvalue weighted by Crippen LogP contribution is -2.13. The molecule has 1 N–H and O–H groups in total. The largest absolute Gasteiger partial charge is 0.309 e. The van der Waals surface area contributed by atoms with Crippen molar-refractivity contribution in [2.75, 3.05) is 0 Å². The van der Waals surface area contributed by atoms with Gasteiger partial charge in [0.05, 0.1) is 0 Å². The van der Waals surface area contributed by atoms with Crippen molar-refractivity contribution in [3.05, 3.63) is 63.3 Å². The van der Waals surface area contributed by atoms with E-state index in [2.05, 4.69) is 26.2 Å². The molecule has 0 aliphatic rings. The zero-order chi connectivity index (χ0) is 12.1. The summed E-state index contributed by atoms with van der Waals surface area (Å²) in [6.07, 6.45) is 3.60. The molecule has 0 saturated heterocycles. The molecule has 0 aliphatic heterocycles. The van der Waals surface area contributed by atoms with Crippen LogP contribution in [0.3, 0.4) is 0 Å². The van der Waals surface area contributed by atoms with Gasteiger partial charge in [0.15, 0.2) is 0 Å². The van der Waals surface area contributed by atoms with Crippen LogP contribution in [0, 0.1) is 0 Å². The summed E-state index contributed by atoms with van der Waals surface area (Å²) >= 11 is 9.46. The molecule has 0 atom stereocenters. The highest BCUT2D eigenvalue weighted by Crippen LogP contribution is 2.20. The van der Waals surface area contributed by atoms with Crippen molar-refractivity contribution in [3.8, 4) is 0 Å². The smallest absolute Gasteiger partial charge is 0.0410 e. The maximum Gasteiger partial charge on any atom is 0.0410 e. The number of nitrogens with one attached hydrogen (secondary N) is 1. The third-order valence-corrected chi connectivity index (χ3v) is 3.41. The van der Waals surface area contributed by atoms with Crippen molar-refractivity contribution in [2.45, 2.75) is 13.1 Å². The molecule has 0 aliphatic carbocycles. The third-order valence-electron chi connectivity index (χ3n) is 2.40. The van der Waals surface area contributed by atoms with E-state index in [1.54, 1.807) is 12.4 Å². The quantitative estimate of drug-likeness (QED) is 0.929. The number of rotatable bonds is 4. The van der Waals surface area contributed by atoms with Crippen molar-refractivity contribution in [2.24, 2.45) is 0 Å². The monoisotopic (exact) mass is 310 g/mol. The van der Waals surface area contributed by atoms with Crippen molar-refractivity contribution in [3.63, 3.8) is 0 Å². The molecule has 2 rings (SSSR count). The van der Waals surface area contributed by atoms with Gasteiger partial charge in [0.25, 0.3) is 0 Å². The molecule has 17 heavy (non-hydrogen) atoms. The van der Waals surface area contributed by atoms with Gasteiger partial charge in [-0.1, -0.05) is 27.5 Å². The number of aromatic nitrogens is 1. The predicted octanol–water partition coefficient (Wildman–Crippen LogP) is 3.79. The Morgan fingerprint density at radius 1 is 1.12 bits per heavy atom. The fourth-order valence-corrected chi connectivity index (χ4v) is 2.10. The Morgan fingerprint density at radius 2 is 1.88 bits per heavy atom. The Hall–Kier alpha value is -0.900. The van der Waals surface area contributed by atoms with Gasteiger partial charge in [-0.3, -0.25) is 4.98 Å². The van der Waals surface area contributed by atoms with E-state index in [4.69, 9.17) is 11.6 Å². The lowest BCUT2D eigenvalue weighted by molar-refractivity contribution is 0.691. The first-order valence-corrected chi connectivity index (χ1v) is 6.46. The molecule has 0 amide bonds. The molecule has 0 saturated carbocycles. The summed E-state index contributed by atoms with van der Waals surface area (Å²) in [6, 6.07) is 9.80. The second kappa shape index (κ2) is 6.15. The van der Waals surface area contributed by atoms with Gasteiger partial charge in [-0.15, -0.1) is 0 Å². The van der Waals surface area contributed by atoms with Crippen LogP contribution in [-0.4, -0.2) is 4.98 Å². The number of hydrogen-bond acceptors (Lipinski definition) is 2. The van der Waals surface area contributed by atoms with E-state index in [1.165, 1.54) is 5.56 Å². The summed E-state index contributed by atoms with van der Waals surface area (Å²) in [5, 5.41) is 4.13. The van der Waals surface area contributed by atoms with Gasteiger partial charge >= 0.3 is 0 Å². The zero-order valence-corrected chi connectivity index (χ0v) is 11.5. The molecule has 1 aromatic carbocycles. The van der Waals surface area contributed by atoms with Crippen LogP contribution in [-0.2, 0) is 13.1 Å². The van der Waals surface area contributed by atoms with Crippen LogP contribution < -0.4 is 5.32 Å². The standard InChI is InChI=1S/C13H12BrClN2/c14-13-2-1-12(15)7-11(13)9-17-8-10-3-5-16-6-4-10/h1-7,17H,8-9H2. The van der Waals surface area contributed by atoms with Crippen LogP contribution in [0.5, 0.6) is 0 Å². The molecule has 0 unspecified atom stereocenters. The molecular weight excluding hydrogens is 300 g/mol. The number of pyridine rings is 1. The average molecular weight is 312 g/mol. The van der Waals surface area contributed by atoms with E-state index < -0.39 is 0 Å². The number of hydrogen-bond donors (Lipinski definition) is 1. The molecule has 1 heterocycles. The zero-order valence-electron chi connectivity index (χ0n) is 9.16. The first kappa shape index (κ1) is 12.6. The molecule has 88 valence electrons. The van der Waals surface area contributed by atoms with Crippen molar-refractivity contribution < 1.29 is 0 Å². The van der Waals surface area contributed by atoms with Gasteiger partial charge in [-0.25, -0.2) is 0 Å². The van der Waals surface area contributed by atoms with E-state index in [-0.39, 0.29) is 0 Å². The fraction of sp³-hybridized carbons (Fsp3) is 0.154. The van der Waals surface area contributed by atoms with Crippen LogP contribution in [0.15, 0.2) is 47.2 Å². The van der Waals surface area contributed by atoms with Crippen LogP contribution in [0.2, 0.25) is 5.02 Å². The van der Waals surface area contributed by atoms with Gasteiger partial charge in [-0.2, -0.15) is 0 Å². The summed E-state index contributed by atoms with van der Waals surface area (Å²) in [5.74, 6) is 0. The maximum atomic E-state index is 5.96. The summed E-state index contributed by atoms with van der Waals surface area (Å²) in [7, 11) is 0. The minimum absolute atomic E-state index is 0.758. The average Bonchev–Trinajstić information content (AvgIpc) is 2.35. The Balaban J connectivity index is 1.92. The summed E-state index contributed by atoms with van der Waals surface area (Å²) in [6.45, 7) is 1.60. The summed E-state index contributed by atoms with van der Waals surface area (Å²) in [5.41, 5.74) is 2.38. The maximum absolute atomic E-state index is 5.96. The minimum atomic E-state index is 0.758. The number of halogens is 2. The number of nitrogens with zero attached hydrogens (tertiary/aromatic N) is 1. The number of benzene rings is 1. The van der Waals surface area contributed by atoms with Crippen LogP contribution in [0.4, 0.5) is 0 Å². The third kappa shape index (κ3) is 3.80. The molecule has 4 heteroatoms. The van der Waals surface area contributed by atoms with Crippen LogP contribution in [0.1, 0.15) is 11.1 Å². The Kier molecular flexibility index (Phi) is 4.54. The first-order valence-electron chi connectivity index (χ1n) is 5.29. The predicted molar refractivity (Wildman–Crippen MR) is 73.9 cm³/mol. The molecule has 0 bridgehead atoms. The van der Waals surface area contributed by atoms with E-state index in [1.807, 2.05) is 30.3 Å². The molecule has 2 nitrogen and oxygen atoms in total. The van der Waals surface area contributed by atoms with E-state index >= 15 is 0 Å². The Bertz CT molecular complexity index is 488. The lowest BCUT2D eigenvalue weighted by atomic mass is 10.2. The highest BCUT2D eigenvalue weighted by Gasteiger charge is 2.00. The van der Waals surface area contributed by atoms with Crippen LogP contribution >= 0.6 is 27.5 Å². The van der Waals surface area contributed by atoms with Crippen molar-refractivity contribution in [1.29, 1.82) is 0 Å². The van der Waals surface area contributed by atoms with Gasteiger partial charge in [-0.05, 0) is 41.5 Å². The van der Waals surface area contributed by atoms with Crippen molar-refractivity contribution >= 4 is 27.5 Å². The Labute approximate surface area is 114 Å². The summed E-state index contributed by atoms with van der Waals surface area (Å²) < 4.78 is 1.07. The molecule has 0 spiro atoms. The summed E-state index contributed by atoms with van der Waals surface area (Å²) in [4.78, 5) is 3.98.